The number of hydrogen-bond acceptors (Lipinski definition) is 7. The zero-order chi connectivity index (χ0) is 32.5. The number of hydrogen-bond donors (Lipinski definition) is 4. The third-order valence-electron chi connectivity index (χ3n) is 7.63. The molecule has 0 aliphatic carbocycles. The van der Waals surface area contributed by atoms with Crippen LogP contribution in [0.25, 0.3) is 11.1 Å². The van der Waals surface area contributed by atoms with Crippen molar-refractivity contribution in [3.63, 3.8) is 0 Å². The number of benzene rings is 4. The normalized spacial score (nSPS) is 17.7. The number of nitrogens with one attached hydrogen (secondary N) is 1. The zero-order valence-electron chi connectivity index (χ0n) is 25.0. The molecule has 9 nitrogen and oxygen atoms in total. The van der Waals surface area contributed by atoms with Gasteiger partial charge in [0.05, 0.1) is 30.8 Å². The molecule has 10 heteroatoms. The highest BCUT2D eigenvalue weighted by atomic mass is 32.2. The molecule has 0 spiro atoms. The van der Waals surface area contributed by atoms with Crippen LogP contribution >= 0.6 is 11.8 Å². The average molecular weight is 642 g/mol. The molecule has 5 rings (SSSR count). The van der Waals surface area contributed by atoms with Crippen LogP contribution in [0, 0.1) is 0 Å². The Labute approximate surface area is 271 Å². The summed E-state index contributed by atoms with van der Waals surface area (Å²) in [6, 6.07) is 30.2. The minimum Gasteiger partial charge on any atom is -0.481 e. The van der Waals surface area contributed by atoms with Gasteiger partial charge in [-0.25, -0.2) is 4.79 Å². The number of aromatic carboxylic acids is 1. The summed E-state index contributed by atoms with van der Waals surface area (Å²) >= 11 is 1.59. The van der Waals surface area contributed by atoms with Gasteiger partial charge in [0.15, 0.2) is 6.29 Å². The minimum absolute atomic E-state index is 0.0391. The van der Waals surface area contributed by atoms with Crippen LogP contribution in [0.1, 0.15) is 64.3 Å². The van der Waals surface area contributed by atoms with E-state index in [0.29, 0.717) is 12.2 Å². The number of rotatable bonds is 13. The molecule has 1 amide bonds. The number of thioether (sulfide) groups is 1. The van der Waals surface area contributed by atoms with Crippen LogP contribution in [0.15, 0.2) is 102 Å². The number of carbonyl (C=O) groups is 3. The molecular formula is C36H35NO8S. The van der Waals surface area contributed by atoms with Gasteiger partial charge in [0.25, 0.3) is 0 Å². The maximum absolute atomic E-state index is 12.0. The van der Waals surface area contributed by atoms with Crippen LogP contribution in [-0.2, 0) is 32.2 Å². The van der Waals surface area contributed by atoms with Gasteiger partial charge in [0.2, 0.25) is 5.91 Å². The van der Waals surface area contributed by atoms with E-state index in [0.717, 1.165) is 38.3 Å². The summed E-state index contributed by atoms with van der Waals surface area (Å²) < 4.78 is 13.0. The molecule has 0 unspecified atom stereocenters. The number of aliphatic hydroxyl groups excluding tert-OH is 1. The van der Waals surface area contributed by atoms with Gasteiger partial charge in [-0.05, 0) is 64.2 Å². The molecule has 0 aromatic heterocycles. The van der Waals surface area contributed by atoms with E-state index in [1.54, 1.807) is 36.0 Å². The third kappa shape index (κ3) is 9.04. The SMILES string of the molecule is O=C(O)CCC(=O)NCc1cccc(-c2cccc([C@H]3O[C@@H](CSc4ccc(C(=O)O)cc4)C[C@@H](c4ccc(CO)cc4)O3)c2)c1. The number of carboxylic acids is 2. The van der Waals surface area contributed by atoms with E-state index in [1.165, 1.54) is 0 Å². The maximum atomic E-state index is 12.0. The number of carbonyl (C=O) groups excluding carboxylic acids is 1. The van der Waals surface area contributed by atoms with Gasteiger partial charge in [0, 0.05) is 35.6 Å². The van der Waals surface area contributed by atoms with Gasteiger partial charge in [-0.2, -0.15) is 0 Å². The van der Waals surface area contributed by atoms with Crippen molar-refractivity contribution in [2.75, 3.05) is 5.75 Å². The molecule has 1 saturated heterocycles. The van der Waals surface area contributed by atoms with Crippen molar-refractivity contribution in [1.29, 1.82) is 0 Å². The van der Waals surface area contributed by atoms with E-state index >= 15 is 0 Å². The second-order valence-electron chi connectivity index (χ2n) is 11.0. The average Bonchev–Trinajstić information content (AvgIpc) is 3.09. The Hall–Kier alpha value is -4.48. The fourth-order valence-corrected chi connectivity index (χ4v) is 6.06. The molecule has 0 radical (unpaired) electrons. The molecule has 0 bridgehead atoms. The Morgan fingerprint density at radius 3 is 2.20 bits per heavy atom. The third-order valence-corrected chi connectivity index (χ3v) is 8.77. The topological polar surface area (TPSA) is 142 Å². The van der Waals surface area contributed by atoms with Gasteiger partial charge >= 0.3 is 11.9 Å². The first-order valence-electron chi connectivity index (χ1n) is 14.9. The Balaban J connectivity index is 1.32. The molecule has 1 aliphatic rings. The molecule has 4 aromatic rings. The second kappa shape index (κ2) is 15.7. The van der Waals surface area contributed by atoms with Gasteiger partial charge in [-0.3, -0.25) is 9.59 Å². The fraction of sp³-hybridized carbons (Fsp3) is 0.250. The van der Waals surface area contributed by atoms with Crippen molar-refractivity contribution in [2.24, 2.45) is 0 Å². The minimum atomic E-state index is -1.01. The Morgan fingerprint density at radius 2 is 1.50 bits per heavy atom. The lowest BCUT2D eigenvalue weighted by atomic mass is 9.99. The number of amides is 1. The van der Waals surface area contributed by atoms with E-state index < -0.39 is 18.2 Å². The molecule has 46 heavy (non-hydrogen) atoms. The number of carboxylic acid groups (broad SMARTS) is 2. The van der Waals surface area contributed by atoms with Crippen LogP contribution < -0.4 is 5.32 Å². The lowest BCUT2D eigenvalue weighted by Crippen LogP contribution is -2.31. The van der Waals surface area contributed by atoms with Crippen molar-refractivity contribution in [1.82, 2.24) is 5.32 Å². The summed E-state index contributed by atoms with van der Waals surface area (Å²) in [6.45, 7) is 0.249. The molecule has 3 atom stereocenters. The molecule has 1 heterocycles. The monoisotopic (exact) mass is 641 g/mol. The van der Waals surface area contributed by atoms with Gasteiger partial charge in [0.1, 0.15) is 0 Å². The predicted molar refractivity (Wildman–Crippen MR) is 173 cm³/mol. The van der Waals surface area contributed by atoms with E-state index in [-0.39, 0.29) is 49.7 Å². The molecule has 1 fully saturated rings. The summed E-state index contributed by atoms with van der Waals surface area (Å²) in [7, 11) is 0. The van der Waals surface area contributed by atoms with Crippen LogP contribution in [-0.4, -0.2) is 45.0 Å². The van der Waals surface area contributed by atoms with Crippen LogP contribution in [0.2, 0.25) is 0 Å². The summed E-state index contributed by atoms with van der Waals surface area (Å²) in [6.07, 6.45) is -0.715. The van der Waals surface area contributed by atoms with Crippen LogP contribution in [0.4, 0.5) is 0 Å². The Bertz CT molecular complexity index is 1660. The van der Waals surface area contributed by atoms with E-state index in [1.807, 2.05) is 72.8 Å². The quantitative estimate of drug-likeness (QED) is 0.123. The molecule has 0 saturated carbocycles. The standard InChI is InChI=1S/C36H35NO8S/c38-21-23-7-9-25(10-8-23)32-19-30(22-46-31-13-11-26(12-14-31)35(42)43)44-36(45-32)29-6-2-5-28(18-29)27-4-1-3-24(17-27)20-37-33(39)15-16-34(40)41/h1-14,17-18,30,32,36,38H,15-16,19-22H2,(H,37,39)(H,40,41)(H,42,43)/t30-,32+,36+/m1/s1. The first kappa shape index (κ1) is 32.9. The van der Waals surface area contributed by atoms with Crippen molar-refractivity contribution < 1.29 is 39.2 Å². The van der Waals surface area contributed by atoms with Gasteiger partial charge in [-0.1, -0.05) is 60.7 Å². The Morgan fingerprint density at radius 1 is 0.783 bits per heavy atom. The molecule has 238 valence electrons. The van der Waals surface area contributed by atoms with Crippen LogP contribution in [0.5, 0.6) is 0 Å². The fourth-order valence-electron chi connectivity index (χ4n) is 5.14. The number of ether oxygens (including phenoxy) is 2. The van der Waals surface area contributed by atoms with Gasteiger partial charge < -0.3 is 30.1 Å². The second-order valence-corrected chi connectivity index (χ2v) is 12.1. The number of aliphatic carboxylic acids is 1. The zero-order valence-corrected chi connectivity index (χ0v) is 25.8. The molecular weight excluding hydrogens is 606 g/mol. The lowest BCUT2D eigenvalue weighted by molar-refractivity contribution is -0.245. The first-order chi connectivity index (χ1) is 22.3. The van der Waals surface area contributed by atoms with E-state index in [4.69, 9.17) is 14.6 Å². The highest BCUT2D eigenvalue weighted by molar-refractivity contribution is 7.99. The predicted octanol–water partition coefficient (Wildman–Crippen LogP) is 6.36. The summed E-state index contributed by atoms with van der Waals surface area (Å²) in [5.74, 6) is -1.65. The van der Waals surface area contributed by atoms with E-state index in [2.05, 4.69) is 5.32 Å². The molecule has 4 N–H and O–H groups in total. The maximum Gasteiger partial charge on any atom is 0.335 e. The van der Waals surface area contributed by atoms with Crippen LogP contribution in [0.3, 0.4) is 0 Å². The van der Waals surface area contributed by atoms with E-state index in [9.17, 15) is 24.6 Å². The van der Waals surface area contributed by atoms with Crippen molar-refractivity contribution in [3.05, 3.63) is 125 Å². The number of aliphatic hydroxyl groups is 1. The summed E-state index contributed by atoms with van der Waals surface area (Å²) in [5, 5.41) is 30.3. The molecule has 1 aliphatic heterocycles. The summed E-state index contributed by atoms with van der Waals surface area (Å²) in [4.78, 5) is 34.9. The van der Waals surface area contributed by atoms with Gasteiger partial charge in [-0.15, -0.1) is 11.8 Å². The first-order valence-corrected chi connectivity index (χ1v) is 15.9. The summed E-state index contributed by atoms with van der Waals surface area (Å²) in [5.41, 5.74) is 5.67. The highest BCUT2D eigenvalue weighted by Gasteiger charge is 2.32. The van der Waals surface area contributed by atoms with Crippen molar-refractivity contribution in [2.45, 2.75) is 55.8 Å². The van der Waals surface area contributed by atoms with Crippen molar-refractivity contribution >= 4 is 29.6 Å². The largest absolute Gasteiger partial charge is 0.481 e. The Kier molecular flexibility index (Phi) is 11.2. The van der Waals surface area contributed by atoms with Crippen molar-refractivity contribution in [3.8, 4) is 11.1 Å². The smallest absolute Gasteiger partial charge is 0.335 e. The highest BCUT2D eigenvalue weighted by Crippen LogP contribution is 2.40. The lowest BCUT2D eigenvalue weighted by Gasteiger charge is -2.36. The molecule has 4 aromatic carbocycles.